The maximum atomic E-state index is 11.6. The fraction of sp³-hybridized carbons (Fsp3) is 0.476. The normalized spacial score (nSPS) is 16.4. The van der Waals surface area contributed by atoms with Gasteiger partial charge in [0, 0.05) is 31.6 Å². The van der Waals surface area contributed by atoms with E-state index in [0.717, 1.165) is 49.2 Å². The highest BCUT2D eigenvalue weighted by molar-refractivity contribution is 7.90. The molecule has 1 N–H and O–H groups in total. The molecule has 3 aromatic rings. The Bertz CT molecular complexity index is 1120. The number of benzene rings is 1. The van der Waals surface area contributed by atoms with Crippen LogP contribution >= 0.6 is 0 Å². The Morgan fingerprint density at radius 3 is 2.47 bits per heavy atom. The zero-order chi connectivity index (χ0) is 21.3. The van der Waals surface area contributed by atoms with Crippen molar-refractivity contribution in [2.75, 3.05) is 31.2 Å². The fourth-order valence-electron chi connectivity index (χ4n) is 4.01. The molecule has 1 aromatic carbocycles. The number of hydrogen-bond donors (Lipinski definition) is 1. The van der Waals surface area contributed by atoms with Crippen LogP contribution in [0.2, 0.25) is 0 Å². The lowest BCUT2D eigenvalue weighted by molar-refractivity contribution is 0.166. The second-order valence-electron chi connectivity index (χ2n) is 8.40. The topological polar surface area (TPSA) is 93.0 Å². The Balaban J connectivity index is 1.53. The van der Waals surface area contributed by atoms with Crippen molar-refractivity contribution in [3.63, 3.8) is 0 Å². The van der Waals surface area contributed by atoms with Crippen molar-refractivity contribution in [2.24, 2.45) is 5.92 Å². The lowest BCUT2D eigenvalue weighted by Crippen LogP contribution is -2.37. The molecule has 0 radical (unpaired) electrons. The molecule has 1 aliphatic rings. The summed E-state index contributed by atoms with van der Waals surface area (Å²) >= 11 is 0. The number of nitrogens with zero attached hydrogens (tertiary/aromatic N) is 5. The molecule has 4 rings (SSSR count). The van der Waals surface area contributed by atoms with Crippen molar-refractivity contribution in [3.8, 4) is 0 Å². The minimum absolute atomic E-state index is 0.289. The number of sulfone groups is 1. The van der Waals surface area contributed by atoms with Crippen LogP contribution in [0.25, 0.3) is 11.0 Å². The number of anilines is 2. The summed E-state index contributed by atoms with van der Waals surface area (Å²) in [4.78, 5) is 11.7. The summed E-state index contributed by atoms with van der Waals surface area (Å²) in [5.41, 5.74) is 1.58. The third kappa shape index (κ3) is 4.46. The molecule has 0 atom stereocenters. The predicted octanol–water partition coefficient (Wildman–Crippen LogP) is 3.27. The minimum Gasteiger partial charge on any atom is -0.340 e. The molecule has 1 aliphatic heterocycles. The molecule has 0 amide bonds. The van der Waals surface area contributed by atoms with E-state index in [4.69, 9.17) is 0 Å². The Hall–Kier alpha value is -2.52. The van der Waals surface area contributed by atoms with Crippen molar-refractivity contribution >= 4 is 32.4 Å². The molecule has 0 aliphatic carbocycles. The van der Waals surface area contributed by atoms with E-state index in [0.29, 0.717) is 17.8 Å². The number of fused-ring (bicyclic) bond motifs is 1. The first kappa shape index (κ1) is 20.7. The van der Waals surface area contributed by atoms with Gasteiger partial charge in [-0.1, -0.05) is 13.8 Å². The average Bonchev–Trinajstić information content (AvgIpc) is 3.13. The molecule has 2 aromatic heterocycles. The Morgan fingerprint density at radius 1 is 1.13 bits per heavy atom. The second-order valence-corrected chi connectivity index (χ2v) is 10.4. The van der Waals surface area contributed by atoms with Crippen LogP contribution in [-0.2, 0) is 9.84 Å². The molecule has 3 heterocycles. The first-order chi connectivity index (χ1) is 14.3. The average molecular weight is 429 g/mol. The van der Waals surface area contributed by atoms with Crippen LogP contribution in [0.5, 0.6) is 0 Å². The van der Waals surface area contributed by atoms with E-state index in [1.54, 1.807) is 30.6 Å². The predicted molar refractivity (Wildman–Crippen MR) is 118 cm³/mol. The SMILES string of the molecule is CC(C)CN1CCC(n2ncc3c(Nc4ccc(S(C)(=O)=O)cc4)ncnc32)CC1. The summed E-state index contributed by atoms with van der Waals surface area (Å²) in [6.07, 6.45) is 6.67. The van der Waals surface area contributed by atoms with Gasteiger partial charge < -0.3 is 10.2 Å². The van der Waals surface area contributed by atoms with E-state index in [2.05, 4.69) is 39.1 Å². The third-order valence-corrected chi connectivity index (χ3v) is 6.59. The van der Waals surface area contributed by atoms with Gasteiger partial charge in [-0.3, -0.25) is 0 Å². The number of nitrogens with one attached hydrogen (secondary N) is 1. The number of piperidine rings is 1. The van der Waals surface area contributed by atoms with Crippen molar-refractivity contribution < 1.29 is 8.42 Å². The van der Waals surface area contributed by atoms with Crippen molar-refractivity contribution in [1.82, 2.24) is 24.6 Å². The lowest BCUT2D eigenvalue weighted by atomic mass is 10.0. The van der Waals surface area contributed by atoms with E-state index in [9.17, 15) is 8.42 Å². The minimum atomic E-state index is -3.22. The van der Waals surface area contributed by atoms with Crippen LogP contribution in [0.4, 0.5) is 11.5 Å². The van der Waals surface area contributed by atoms with E-state index in [-0.39, 0.29) is 4.90 Å². The standard InChI is InChI=1S/C21H28N6O2S/c1-15(2)13-26-10-8-17(9-11-26)27-21-19(12-24-27)20(22-14-23-21)25-16-4-6-18(7-5-16)30(3,28)29/h4-7,12,14-15,17H,8-11,13H2,1-3H3,(H,22,23,25). The van der Waals surface area contributed by atoms with Gasteiger partial charge in [0.25, 0.3) is 0 Å². The van der Waals surface area contributed by atoms with Crippen LogP contribution in [0, 0.1) is 5.92 Å². The largest absolute Gasteiger partial charge is 0.340 e. The smallest absolute Gasteiger partial charge is 0.175 e. The molecule has 1 saturated heterocycles. The van der Waals surface area contributed by atoms with E-state index < -0.39 is 9.84 Å². The van der Waals surface area contributed by atoms with Crippen LogP contribution < -0.4 is 5.32 Å². The quantitative estimate of drug-likeness (QED) is 0.644. The molecule has 1 fully saturated rings. The number of rotatable bonds is 6. The van der Waals surface area contributed by atoms with E-state index in [1.165, 1.54) is 6.26 Å². The molecule has 0 bridgehead atoms. The first-order valence-electron chi connectivity index (χ1n) is 10.3. The van der Waals surface area contributed by atoms with Crippen LogP contribution in [0.15, 0.2) is 41.7 Å². The summed E-state index contributed by atoms with van der Waals surface area (Å²) in [5, 5.41) is 8.75. The molecule has 9 heteroatoms. The summed E-state index contributed by atoms with van der Waals surface area (Å²) in [7, 11) is -3.22. The maximum absolute atomic E-state index is 11.6. The third-order valence-electron chi connectivity index (χ3n) is 5.46. The molecule has 0 unspecified atom stereocenters. The summed E-state index contributed by atoms with van der Waals surface area (Å²) in [6.45, 7) is 7.81. The number of likely N-dealkylation sites (tertiary alicyclic amines) is 1. The molecule has 30 heavy (non-hydrogen) atoms. The zero-order valence-corrected chi connectivity index (χ0v) is 18.4. The number of hydrogen-bond acceptors (Lipinski definition) is 7. The van der Waals surface area contributed by atoms with Crippen LogP contribution in [-0.4, -0.2) is 59.0 Å². The van der Waals surface area contributed by atoms with Crippen LogP contribution in [0.1, 0.15) is 32.7 Å². The first-order valence-corrected chi connectivity index (χ1v) is 12.2. The Labute approximate surface area is 177 Å². The van der Waals surface area contributed by atoms with Gasteiger partial charge >= 0.3 is 0 Å². The highest BCUT2D eigenvalue weighted by Crippen LogP contribution is 2.29. The second kappa shape index (κ2) is 8.31. The van der Waals surface area contributed by atoms with Gasteiger partial charge in [0.15, 0.2) is 15.5 Å². The van der Waals surface area contributed by atoms with Gasteiger partial charge in [-0.05, 0) is 43.0 Å². The summed E-state index contributed by atoms with van der Waals surface area (Å²) in [6, 6.07) is 6.98. The Kier molecular flexibility index (Phi) is 5.75. The van der Waals surface area contributed by atoms with Crippen molar-refractivity contribution in [1.29, 1.82) is 0 Å². The van der Waals surface area contributed by atoms with Crippen molar-refractivity contribution in [2.45, 2.75) is 37.6 Å². The van der Waals surface area contributed by atoms with Gasteiger partial charge in [0.1, 0.15) is 12.1 Å². The summed E-state index contributed by atoms with van der Waals surface area (Å²) < 4.78 is 25.3. The molecular weight excluding hydrogens is 400 g/mol. The lowest BCUT2D eigenvalue weighted by Gasteiger charge is -2.33. The van der Waals surface area contributed by atoms with E-state index >= 15 is 0 Å². The molecular formula is C21H28N6O2S. The molecule has 0 spiro atoms. The molecule has 160 valence electrons. The van der Waals surface area contributed by atoms with Crippen molar-refractivity contribution in [3.05, 3.63) is 36.8 Å². The fourth-order valence-corrected chi connectivity index (χ4v) is 4.64. The van der Waals surface area contributed by atoms with Gasteiger partial charge in [-0.2, -0.15) is 5.10 Å². The molecule has 0 saturated carbocycles. The monoisotopic (exact) mass is 428 g/mol. The highest BCUT2D eigenvalue weighted by Gasteiger charge is 2.24. The van der Waals surface area contributed by atoms with Gasteiger partial charge in [0.05, 0.1) is 22.5 Å². The van der Waals surface area contributed by atoms with Crippen LogP contribution in [0.3, 0.4) is 0 Å². The zero-order valence-electron chi connectivity index (χ0n) is 17.6. The maximum Gasteiger partial charge on any atom is 0.175 e. The highest BCUT2D eigenvalue weighted by atomic mass is 32.2. The molecule has 8 nitrogen and oxygen atoms in total. The van der Waals surface area contributed by atoms with Gasteiger partial charge in [0.2, 0.25) is 0 Å². The van der Waals surface area contributed by atoms with Gasteiger partial charge in [-0.25, -0.2) is 23.1 Å². The van der Waals surface area contributed by atoms with Gasteiger partial charge in [-0.15, -0.1) is 0 Å². The number of aromatic nitrogens is 4. The summed E-state index contributed by atoms with van der Waals surface area (Å²) in [5.74, 6) is 1.34. The van der Waals surface area contributed by atoms with E-state index in [1.807, 2.05) is 10.9 Å². The Morgan fingerprint density at radius 2 is 1.83 bits per heavy atom.